The van der Waals surface area contributed by atoms with E-state index in [0.717, 1.165) is 22.0 Å². The van der Waals surface area contributed by atoms with Crippen molar-refractivity contribution in [2.24, 2.45) is 0 Å². The molecule has 0 unspecified atom stereocenters. The first-order valence-corrected chi connectivity index (χ1v) is 13.7. The zero-order valence-corrected chi connectivity index (χ0v) is 22.8. The Morgan fingerprint density at radius 1 is 1.26 bits per heavy atom. The summed E-state index contributed by atoms with van der Waals surface area (Å²) < 4.78 is 34.9. The highest BCUT2D eigenvalue weighted by molar-refractivity contribution is 14.1. The molecule has 1 aromatic heterocycles. The number of anilines is 2. The lowest BCUT2D eigenvalue weighted by molar-refractivity contribution is 0.0951. The maximum absolute atomic E-state index is 13.6. The summed E-state index contributed by atoms with van der Waals surface area (Å²) in [6.07, 6.45) is 5.07. The molecule has 2 aromatic carbocycles. The molecule has 1 saturated carbocycles. The van der Waals surface area contributed by atoms with E-state index in [1.807, 2.05) is 6.07 Å². The standard InChI is InChI=1S/C24H24ClIN4O4S/c1-30(14-15-4-3-11-27-13-15)35(32,33)21-10-8-18(24(31)28-17-6-7-17)22(23(21)34-2)29-20-9-5-16(26)12-19(20)25/h3-5,8-13,17,29H,6-7,14H2,1-2H3,(H,28,31). The number of nitrogens with one attached hydrogen (secondary N) is 2. The van der Waals surface area contributed by atoms with Crippen LogP contribution in [0.25, 0.3) is 0 Å². The third-order valence-corrected chi connectivity index (χ3v) is 8.30. The van der Waals surface area contributed by atoms with E-state index in [9.17, 15) is 13.2 Å². The number of hydrogen-bond acceptors (Lipinski definition) is 6. The molecule has 1 aliphatic carbocycles. The number of amides is 1. The summed E-state index contributed by atoms with van der Waals surface area (Å²) in [6, 6.07) is 11.9. The van der Waals surface area contributed by atoms with Gasteiger partial charge in [-0.15, -0.1) is 0 Å². The van der Waals surface area contributed by atoms with Crippen LogP contribution in [0.2, 0.25) is 5.02 Å². The maximum Gasteiger partial charge on any atom is 0.253 e. The SMILES string of the molecule is COc1c(S(=O)(=O)N(C)Cc2cccnc2)ccc(C(=O)NC2CC2)c1Nc1ccc(I)cc1Cl. The predicted molar refractivity (Wildman–Crippen MR) is 144 cm³/mol. The summed E-state index contributed by atoms with van der Waals surface area (Å²) in [7, 11) is -1.13. The van der Waals surface area contributed by atoms with Crippen LogP contribution < -0.4 is 15.4 Å². The maximum atomic E-state index is 13.6. The van der Waals surface area contributed by atoms with Gasteiger partial charge in [0.05, 0.1) is 29.1 Å². The van der Waals surface area contributed by atoms with Gasteiger partial charge in [0.2, 0.25) is 10.0 Å². The first-order chi connectivity index (χ1) is 16.7. The molecule has 35 heavy (non-hydrogen) atoms. The van der Waals surface area contributed by atoms with Crippen molar-refractivity contribution < 1.29 is 17.9 Å². The topological polar surface area (TPSA) is 101 Å². The molecule has 4 rings (SSSR count). The Morgan fingerprint density at radius 3 is 2.66 bits per heavy atom. The Balaban J connectivity index is 1.79. The van der Waals surface area contributed by atoms with Gasteiger partial charge < -0.3 is 15.4 Å². The molecule has 0 saturated heterocycles. The molecule has 8 nitrogen and oxygen atoms in total. The third kappa shape index (κ3) is 5.88. The van der Waals surface area contributed by atoms with E-state index >= 15 is 0 Å². The van der Waals surface area contributed by atoms with Gasteiger partial charge in [-0.25, -0.2) is 8.42 Å². The molecule has 1 fully saturated rings. The van der Waals surface area contributed by atoms with E-state index in [0.29, 0.717) is 10.7 Å². The second-order valence-corrected chi connectivity index (χ2v) is 11.8. The number of hydrogen-bond donors (Lipinski definition) is 2. The summed E-state index contributed by atoms with van der Waals surface area (Å²) in [4.78, 5) is 17.0. The summed E-state index contributed by atoms with van der Waals surface area (Å²) in [6.45, 7) is 0.120. The van der Waals surface area contributed by atoms with Crippen molar-refractivity contribution in [3.63, 3.8) is 0 Å². The average Bonchev–Trinajstić information content (AvgIpc) is 3.65. The van der Waals surface area contributed by atoms with Gasteiger partial charge in [-0.05, 0) is 77.4 Å². The normalized spacial score (nSPS) is 13.5. The number of benzene rings is 2. The van der Waals surface area contributed by atoms with Crippen LogP contribution in [-0.4, -0.2) is 43.8 Å². The van der Waals surface area contributed by atoms with Crippen LogP contribution >= 0.6 is 34.2 Å². The molecule has 1 heterocycles. The molecule has 3 aromatic rings. The highest BCUT2D eigenvalue weighted by Gasteiger charge is 2.31. The van der Waals surface area contributed by atoms with Crippen LogP contribution in [-0.2, 0) is 16.6 Å². The van der Waals surface area contributed by atoms with E-state index < -0.39 is 10.0 Å². The largest absolute Gasteiger partial charge is 0.493 e. The van der Waals surface area contributed by atoms with E-state index in [1.54, 1.807) is 36.7 Å². The molecule has 184 valence electrons. The van der Waals surface area contributed by atoms with Crippen LogP contribution in [0.5, 0.6) is 5.75 Å². The van der Waals surface area contributed by atoms with Gasteiger partial charge in [0.15, 0.2) is 5.75 Å². The van der Waals surface area contributed by atoms with Gasteiger partial charge in [0.25, 0.3) is 5.91 Å². The van der Waals surface area contributed by atoms with E-state index in [2.05, 4.69) is 38.2 Å². The fourth-order valence-electron chi connectivity index (χ4n) is 3.50. The highest BCUT2D eigenvalue weighted by atomic mass is 127. The van der Waals surface area contributed by atoms with Gasteiger partial charge in [-0.3, -0.25) is 9.78 Å². The van der Waals surface area contributed by atoms with Gasteiger partial charge in [0, 0.05) is 35.6 Å². The van der Waals surface area contributed by atoms with Crippen molar-refractivity contribution in [2.75, 3.05) is 19.5 Å². The molecule has 11 heteroatoms. The molecule has 1 aliphatic rings. The number of aromatic nitrogens is 1. The van der Waals surface area contributed by atoms with Gasteiger partial charge in [-0.2, -0.15) is 4.31 Å². The monoisotopic (exact) mass is 626 g/mol. The summed E-state index contributed by atoms with van der Waals surface area (Å²) in [5.74, 6) is -0.288. The molecule has 0 radical (unpaired) electrons. The number of nitrogens with zero attached hydrogens (tertiary/aromatic N) is 2. The zero-order valence-electron chi connectivity index (χ0n) is 19.1. The van der Waals surface area contributed by atoms with Crippen molar-refractivity contribution in [1.82, 2.24) is 14.6 Å². The Morgan fingerprint density at radius 2 is 2.03 bits per heavy atom. The van der Waals surface area contributed by atoms with Crippen molar-refractivity contribution >= 4 is 61.5 Å². The Kier molecular flexibility index (Phi) is 7.84. The van der Waals surface area contributed by atoms with E-state index in [-0.39, 0.29) is 40.4 Å². The Bertz CT molecular complexity index is 1350. The van der Waals surface area contributed by atoms with Crippen molar-refractivity contribution in [3.8, 4) is 5.75 Å². The van der Waals surface area contributed by atoms with Crippen LogP contribution in [0.15, 0.2) is 59.8 Å². The van der Waals surface area contributed by atoms with Crippen LogP contribution in [0, 0.1) is 3.57 Å². The molecule has 0 atom stereocenters. The van der Waals surface area contributed by atoms with Crippen molar-refractivity contribution in [2.45, 2.75) is 30.3 Å². The van der Waals surface area contributed by atoms with Crippen LogP contribution in [0.1, 0.15) is 28.8 Å². The lowest BCUT2D eigenvalue weighted by Gasteiger charge is -2.22. The molecule has 0 bridgehead atoms. The smallest absolute Gasteiger partial charge is 0.253 e. The summed E-state index contributed by atoms with van der Waals surface area (Å²) in [5.41, 5.74) is 1.74. The Labute approximate surface area is 223 Å². The number of methoxy groups -OCH3 is 1. The number of halogens is 2. The summed E-state index contributed by atoms with van der Waals surface area (Å²) in [5, 5.41) is 6.52. The number of carbonyl (C=O) groups excluding carboxylic acids is 1. The lowest BCUT2D eigenvalue weighted by atomic mass is 10.1. The fourth-order valence-corrected chi connectivity index (χ4v) is 5.72. The molecular formula is C24H24ClIN4O4S. The zero-order chi connectivity index (χ0) is 25.2. The number of carbonyl (C=O) groups is 1. The molecule has 1 amide bonds. The number of pyridine rings is 1. The Hall–Kier alpha value is -2.41. The minimum absolute atomic E-state index is 0.0288. The first kappa shape index (κ1) is 25.7. The van der Waals surface area contributed by atoms with E-state index in [1.165, 1.54) is 30.6 Å². The third-order valence-electron chi connectivity index (χ3n) is 5.49. The second-order valence-electron chi connectivity index (χ2n) is 8.14. The molecule has 0 spiro atoms. The average molecular weight is 627 g/mol. The van der Waals surface area contributed by atoms with Crippen molar-refractivity contribution in [3.05, 3.63) is 74.6 Å². The number of rotatable bonds is 9. The second kappa shape index (κ2) is 10.7. The number of sulfonamides is 1. The van der Waals surface area contributed by atoms with Crippen LogP contribution in [0.4, 0.5) is 11.4 Å². The fraction of sp³-hybridized carbons (Fsp3) is 0.250. The highest BCUT2D eigenvalue weighted by Crippen LogP contribution is 2.40. The van der Waals surface area contributed by atoms with E-state index in [4.69, 9.17) is 16.3 Å². The minimum Gasteiger partial charge on any atom is -0.493 e. The molecular weight excluding hydrogens is 603 g/mol. The van der Waals surface area contributed by atoms with Crippen molar-refractivity contribution in [1.29, 1.82) is 0 Å². The molecule has 0 aliphatic heterocycles. The predicted octanol–water partition coefficient (Wildman–Crippen LogP) is 4.80. The van der Waals surface area contributed by atoms with Gasteiger partial charge >= 0.3 is 0 Å². The molecule has 2 N–H and O–H groups in total. The lowest BCUT2D eigenvalue weighted by Crippen LogP contribution is -2.28. The minimum atomic E-state index is -3.99. The number of ether oxygens (including phenoxy) is 1. The quantitative estimate of drug-likeness (QED) is 0.331. The van der Waals surface area contributed by atoms with Gasteiger partial charge in [0.1, 0.15) is 4.90 Å². The first-order valence-electron chi connectivity index (χ1n) is 10.8. The van der Waals surface area contributed by atoms with Crippen LogP contribution in [0.3, 0.4) is 0 Å². The summed E-state index contributed by atoms with van der Waals surface area (Å²) >= 11 is 8.58. The van der Waals surface area contributed by atoms with Gasteiger partial charge in [-0.1, -0.05) is 17.7 Å².